The fourth-order valence-electron chi connectivity index (χ4n) is 2.02. The van der Waals surface area contributed by atoms with Gasteiger partial charge < -0.3 is 21.1 Å². The van der Waals surface area contributed by atoms with Crippen LogP contribution in [0.5, 0.6) is 0 Å². The smallest absolute Gasteiger partial charge is 0.245 e. The van der Waals surface area contributed by atoms with E-state index in [-0.39, 0.29) is 17.7 Å². The molecule has 4 N–H and O–H groups in total. The number of nitrogens with one attached hydrogen (secondary N) is 3. The molecule has 0 aliphatic carbocycles. The molecule has 0 aromatic heterocycles. The summed E-state index contributed by atoms with van der Waals surface area (Å²) in [6.07, 6.45) is 0. The predicted octanol–water partition coefficient (Wildman–Crippen LogP) is -1.24. The first-order valence-electron chi connectivity index (χ1n) is 6.79. The van der Waals surface area contributed by atoms with E-state index < -0.39 is 36.5 Å². The number of rotatable bonds is 3. The molecule has 1 heterocycles. The third kappa shape index (κ3) is 3.69. The molecule has 0 aromatic carbocycles. The van der Waals surface area contributed by atoms with E-state index in [0.29, 0.717) is 0 Å². The van der Waals surface area contributed by atoms with Crippen molar-refractivity contribution in [3.05, 3.63) is 0 Å². The molecule has 3 atom stereocenters. The Bertz CT molecular complexity index is 389. The van der Waals surface area contributed by atoms with Crippen LogP contribution in [-0.4, -0.2) is 47.6 Å². The molecule has 114 valence electrons. The Labute approximate surface area is 118 Å². The third-order valence-corrected chi connectivity index (χ3v) is 3.31. The van der Waals surface area contributed by atoms with Gasteiger partial charge in [0.25, 0.3) is 0 Å². The Kier molecular flexibility index (Phi) is 5.50. The summed E-state index contributed by atoms with van der Waals surface area (Å²) < 4.78 is 0. The standard InChI is InChI=1S/C13H23N3O4/c1-6(2)9-12(19)14-8(5-17)11(18)15-10(7(3)4)13(20)16-9/h6-10,17H,5H2,1-4H3,(H,14,19)(H,15,18)(H,16,20). The lowest BCUT2D eigenvalue weighted by atomic mass is 10.00. The van der Waals surface area contributed by atoms with Crippen LogP contribution in [0.15, 0.2) is 0 Å². The molecule has 1 fully saturated rings. The molecule has 1 aliphatic rings. The Hall–Kier alpha value is -1.63. The Morgan fingerprint density at radius 3 is 1.65 bits per heavy atom. The fraction of sp³-hybridized carbons (Fsp3) is 0.769. The zero-order chi connectivity index (χ0) is 15.4. The van der Waals surface area contributed by atoms with Gasteiger partial charge in [-0.3, -0.25) is 14.4 Å². The summed E-state index contributed by atoms with van der Waals surface area (Å²) in [5.74, 6) is -1.66. The lowest BCUT2D eigenvalue weighted by Crippen LogP contribution is -2.54. The molecule has 1 saturated heterocycles. The first kappa shape index (κ1) is 16.4. The topological polar surface area (TPSA) is 108 Å². The number of aliphatic hydroxyl groups excluding tert-OH is 1. The third-order valence-electron chi connectivity index (χ3n) is 3.31. The maximum atomic E-state index is 12.2. The van der Waals surface area contributed by atoms with E-state index in [0.717, 1.165) is 0 Å². The second-order valence-corrected chi connectivity index (χ2v) is 5.70. The minimum Gasteiger partial charge on any atom is -0.394 e. The predicted molar refractivity (Wildman–Crippen MR) is 72.6 cm³/mol. The normalized spacial score (nSPS) is 28.4. The van der Waals surface area contributed by atoms with Crippen molar-refractivity contribution in [2.24, 2.45) is 11.8 Å². The van der Waals surface area contributed by atoms with Crippen molar-refractivity contribution in [3.63, 3.8) is 0 Å². The van der Waals surface area contributed by atoms with Crippen molar-refractivity contribution >= 4 is 17.7 Å². The van der Waals surface area contributed by atoms with E-state index in [1.165, 1.54) is 0 Å². The maximum absolute atomic E-state index is 12.2. The van der Waals surface area contributed by atoms with Crippen molar-refractivity contribution in [1.82, 2.24) is 16.0 Å². The average molecular weight is 285 g/mol. The van der Waals surface area contributed by atoms with E-state index in [9.17, 15) is 19.5 Å². The molecule has 3 amide bonds. The number of hydrogen-bond acceptors (Lipinski definition) is 4. The van der Waals surface area contributed by atoms with Crippen LogP contribution in [0.4, 0.5) is 0 Å². The number of aliphatic hydroxyl groups is 1. The second kappa shape index (κ2) is 6.69. The Morgan fingerprint density at radius 1 is 0.850 bits per heavy atom. The summed E-state index contributed by atoms with van der Waals surface area (Å²) in [6, 6.07) is -2.51. The van der Waals surface area contributed by atoms with Gasteiger partial charge in [0.05, 0.1) is 6.61 Å². The van der Waals surface area contributed by atoms with Crippen molar-refractivity contribution in [3.8, 4) is 0 Å². The molecule has 0 spiro atoms. The first-order chi connectivity index (χ1) is 9.27. The zero-order valence-corrected chi connectivity index (χ0v) is 12.3. The van der Waals surface area contributed by atoms with E-state index >= 15 is 0 Å². The average Bonchev–Trinajstić information content (AvgIpc) is 2.40. The molecule has 1 rings (SSSR count). The largest absolute Gasteiger partial charge is 0.394 e. The van der Waals surface area contributed by atoms with E-state index in [2.05, 4.69) is 16.0 Å². The SMILES string of the molecule is CC(C)C1NC(=O)C(CO)NC(=O)C(C(C)C)NC1=O. The zero-order valence-electron chi connectivity index (χ0n) is 12.3. The highest BCUT2D eigenvalue weighted by molar-refractivity contribution is 5.97. The lowest BCUT2D eigenvalue weighted by Gasteiger charge is -2.24. The number of carbonyl (C=O) groups is 3. The van der Waals surface area contributed by atoms with Gasteiger partial charge in [0.1, 0.15) is 18.1 Å². The van der Waals surface area contributed by atoms with Gasteiger partial charge in [0.2, 0.25) is 17.7 Å². The fourth-order valence-corrected chi connectivity index (χ4v) is 2.02. The summed E-state index contributed by atoms with van der Waals surface area (Å²) in [6.45, 7) is 6.69. The van der Waals surface area contributed by atoms with Gasteiger partial charge in [-0.1, -0.05) is 27.7 Å². The summed E-state index contributed by atoms with van der Waals surface area (Å²) in [5.41, 5.74) is 0. The van der Waals surface area contributed by atoms with Crippen molar-refractivity contribution in [2.45, 2.75) is 45.8 Å². The quantitative estimate of drug-likeness (QED) is 0.520. The van der Waals surface area contributed by atoms with Gasteiger partial charge in [0, 0.05) is 0 Å². The van der Waals surface area contributed by atoms with Crippen LogP contribution in [0.25, 0.3) is 0 Å². The molecular formula is C13H23N3O4. The second-order valence-electron chi connectivity index (χ2n) is 5.70. The van der Waals surface area contributed by atoms with Crippen LogP contribution in [-0.2, 0) is 14.4 Å². The summed E-state index contributed by atoms with van der Waals surface area (Å²) in [4.78, 5) is 36.2. The molecular weight excluding hydrogens is 262 g/mol. The molecule has 0 saturated carbocycles. The Balaban J connectivity index is 3.09. The van der Waals surface area contributed by atoms with Gasteiger partial charge in [-0.05, 0) is 11.8 Å². The molecule has 0 aromatic rings. The number of amides is 3. The van der Waals surface area contributed by atoms with Crippen LogP contribution in [0.3, 0.4) is 0 Å². The van der Waals surface area contributed by atoms with Crippen LogP contribution in [0.1, 0.15) is 27.7 Å². The summed E-state index contributed by atoms with van der Waals surface area (Å²) in [5, 5.41) is 16.9. The van der Waals surface area contributed by atoms with Crippen LogP contribution < -0.4 is 16.0 Å². The highest BCUT2D eigenvalue weighted by Gasteiger charge is 2.35. The van der Waals surface area contributed by atoms with Crippen molar-refractivity contribution < 1.29 is 19.5 Å². The van der Waals surface area contributed by atoms with Crippen LogP contribution >= 0.6 is 0 Å². The number of carbonyl (C=O) groups excluding carboxylic acids is 3. The van der Waals surface area contributed by atoms with Crippen LogP contribution in [0.2, 0.25) is 0 Å². The van der Waals surface area contributed by atoms with Gasteiger partial charge in [-0.25, -0.2) is 0 Å². The lowest BCUT2D eigenvalue weighted by molar-refractivity contribution is -0.131. The molecule has 0 bridgehead atoms. The summed E-state index contributed by atoms with van der Waals surface area (Å²) in [7, 11) is 0. The highest BCUT2D eigenvalue weighted by Crippen LogP contribution is 2.09. The maximum Gasteiger partial charge on any atom is 0.245 e. The van der Waals surface area contributed by atoms with Gasteiger partial charge in [0.15, 0.2) is 0 Å². The van der Waals surface area contributed by atoms with Gasteiger partial charge in [-0.15, -0.1) is 0 Å². The molecule has 7 nitrogen and oxygen atoms in total. The van der Waals surface area contributed by atoms with Gasteiger partial charge >= 0.3 is 0 Å². The van der Waals surface area contributed by atoms with Crippen molar-refractivity contribution in [1.29, 1.82) is 0 Å². The minimum absolute atomic E-state index is 0.126. The molecule has 7 heteroatoms. The number of hydrogen-bond donors (Lipinski definition) is 4. The van der Waals surface area contributed by atoms with Crippen molar-refractivity contribution in [2.75, 3.05) is 6.61 Å². The molecule has 0 radical (unpaired) electrons. The highest BCUT2D eigenvalue weighted by atomic mass is 16.3. The van der Waals surface area contributed by atoms with E-state index in [4.69, 9.17) is 0 Å². The molecule has 20 heavy (non-hydrogen) atoms. The monoisotopic (exact) mass is 285 g/mol. The molecule has 1 aliphatic heterocycles. The Morgan fingerprint density at radius 2 is 1.25 bits per heavy atom. The van der Waals surface area contributed by atoms with E-state index in [1.807, 2.05) is 0 Å². The summed E-state index contributed by atoms with van der Waals surface area (Å²) >= 11 is 0. The van der Waals surface area contributed by atoms with Crippen LogP contribution in [0, 0.1) is 11.8 Å². The minimum atomic E-state index is -1.04. The molecule has 3 unspecified atom stereocenters. The van der Waals surface area contributed by atoms with E-state index in [1.54, 1.807) is 27.7 Å². The van der Waals surface area contributed by atoms with Gasteiger partial charge in [-0.2, -0.15) is 0 Å². The first-order valence-corrected chi connectivity index (χ1v) is 6.79.